The van der Waals surface area contributed by atoms with Crippen LogP contribution in [0.25, 0.3) is 22.3 Å². The number of rotatable bonds is 6. The third-order valence-electron chi connectivity index (χ3n) is 10.6. The Morgan fingerprint density at radius 3 is 1.12 bits per heavy atom. The summed E-state index contributed by atoms with van der Waals surface area (Å²) in [5.41, 5.74) is 16.9. The molecule has 2 aliphatic rings. The van der Waals surface area contributed by atoms with Gasteiger partial charge in [-0.05, 0) is 106 Å². The lowest BCUT2D eigenvalue weighted by atomic mass is 9.70. The molecule has 1 spiro atoms. The van der Waals surface area contributed by atoms with Crippen molar-refractivity contribution in [2.75, 3.05) is 9.80 Å². The second kappa shape index (κ2) is 11.8. The summed E-state index contributed by atoms with van der Waals surface area (Å²) in [6, 6.07) is 74.9. The van der Waals surface area contributed by atoms with Gasteiger partial charge in [0, 0.05) is 34.0 Å². The Morgan fingerprint density at radius 1 is 0.255 bits per heavy atom. The summed E-state index contributed by atoms with van der Waals surface area (Å²) in [7, 11) is 0. The molecular formula is C49H34N2. The number of benzene rings is 8. The smallest absolute Gasteiger partial charge is 0.0726 e. The van der Waals surface area contributed by atoms with Crippen molar-refractivity contribution >= 4 is 34.1 Å². The molecule has 0 bridgehead atoms. The lowest BCUT2D eigenvalue weighted by Gasteiger charge is -2.32. The summed E-state index contributed by atoms with van der Waals surface area (Å²) in [6.45, 7) is 0. The zero-order valence-electron chi connectivity index (χ0n) is 28.0. The van der Waals surface area contributed by atoms with Crippen LogP contribution in [0.3, 0.4) is 0 Å². The van der Waals surface area contributed by atoms with Gasteiger partial charge in [-0.15, -0.1) is 0 Å². The van der Waals surface area contributed by atoms with Crippen LogP contribution in [0.2, 0.25) is 0 Å². The van der Waals surface area contributed by atoms with E-state index in [2.05, 4.69) is 216 Å². The quantitative estimate of drug-likeness (QED) is 0.177. The Kier molecular flexibility index (Phi) is 6.75. The van der Waals surface area contributed by atoms with Gasteiger partial charge in [0.2, 0.25) is 0 Å². The van der Waals surface area contributed by atoms with Crippen LogP contribution in [-0.2, 0) is 5.41 Å². The second-order valence-electron chi connectivity index (χ2n) is 13.3. The first-order valence-corrected chi connectivity index (χ1v) is 17.6. The lowest BCUT2D eigenvalue weighted by Crippen LogP contribution is -2.26. The van der Waals surface area contributed by atoms with E-state index in [1.54, 1.807) is 0 Å². The highest BCUT2D eigenvalue weighted by molar-refractivity contribution is 6.01. The first-order chi connectivity index (χ1) is 25.3. The molecule has 0 saturated carbocycles. The van der Waals surface area contributed by atoms with Crippen LogP contribution in [0.15, 0.2) is 206 Å². The van der Waals surface area contributed by atoms with E-state index in [1.165, 1.54) is 50.2 Å². The largest absolute Gasteiger partial charge is 0.311 e. The Labute approximate surface area is 299 Å². The van der Waals surface area contributed by atoms with Crippen LogP contribution >= 0.6 is 0 Å². The maximum atomic E-state index is 2.43. The van der Waals surface area contributed by atoms with Gasteiger partial charge in [0.15, 0.2) is 0 Å². The van der Waals surface area contributed by atoms with Crippen LogP contribution in [0.5, 0.6) is 0 Å². The van der Waals surface area contributed by atoms with Crippen LogP contribution in [0, 0.1) is 0 Å². The molecule has 0 radical (unpaired) electrons. The van der Waals surface area contributed by atoms with Gasteiger partial charge >= 0.3 is 0 Å². The Balaban J connectivity index is 1.19. The molecule has 0 aromatic heterocycles. The van der Waals surface area contributed by atoms with Crippen LogP contribution < -0.4 is 9.80 Å². The van der Waals surface area contributed by atoms with Crippen molar-refractivity contribution in [1.29, 1.82) is 0 Å². The lowest BCUT2D eigenvalue weighted by molar-refractivity contribution is 0.794. The van der Waals surface area contributed by atoms with E-state index < -0.39 is 5.41 Å². The van der Waals surface area contributed by atoms with Crippen molar-refractivity contribution in [3.8, 4) is 22.3 Å². The number of hydrogen-bond donors (Lipinski definition) is 0. The third-order valence-corrected chi connectivity index (χ3v) is 10.6. The molecule has 240 valence electrons. The van der Waals surface area contributed by atoms with Crippen molar-refractivity contribution in [3.63, 3.8) is 0 Å². The van der Waals surface area contributed by atoms with Crippen molar-refractivity contribution in [1.82, 2.24) is 0 Å². The third kappa shape index (κ3) is 4.36. The van der Waals surface area contributed by atoms with Crippen molar-refractivity contribution in [2.24, 2.45) is 0 Å². The van der Waals surface area contributed by atoms with Gasteiger partial charge in [-0.2, -0.15) is 0 Å². The van der Waals surface area contributed by atoms with Crippen LogP contribution in [-0.4, -0.2) is 0 Å². The Hall–Kier alpha value is -6.64. The molecule has 0 amide bonds. The molecule has 2 aliphatic carbocycles. The van der Waals surface area contributed by atoms with E-state index in [0.29, 0.717) is 0 Å². The van der Waals surface area contributed by atoms with Crippen LogP contribution in [0.4, 0.5) is 34.1 Å². The maximum absolute atomic E-state index is 2.43. The minimum atomic E-state index is -0.396. The van der Waals surface area contributed by atoms with E-state index >= 15 is 0 Å². The van der Waals surface area contributed by atoms with Gasteiger partial charge in [-0.3, -0.25) is 0 Å². The molecule has 0 atom stereocenters. The molecule has 8 aromatic rings. The summed E-state index contributed by atoms with van der Waals surface area (Å²) >= 11 is 0. The molecule has 0 fully saturated rings. The normalized spacial score (nSPS) is 12.9. The summed E-state index contributed by atoms with van der Waals surface area (Å²) in [4.78, 5) is 4.74. The predicted octanol–water partition coefficient (Wildman–Crippen LogP) is 13.0. The van der Waals surface area contributed by atoms with Crippen LogP contribution in [0.1, 0.15) is 22.3 Å². The van der Waals surface area contributed by atoms with Crippen molar-refractivity contribution < 1.29 is 0 Å². The van der Waals surface area contributed by atoms with Crippen molar-refractivity contribution in [3.05, 3.63) is 229 Å². The fourth-order valence-corrected chi connectivity index (χ4v) is 8.67. The summed E-state index contributed by atoms with van der Waals surface area (Å²) in [6.07, 6.45) is 0. The standard InChI is InChI=1S/C49H34N2/c1-4-17-35(18-5-1)50(36-19-6-2-7-20-36)38-31-33-39(34-32-38)51(37-21-8-3-9-22-37)47-30-16-29-46-48(47)42-25-12-15-28-45(42)49(46)43-26-13-10-23-40(43)41-24-11-14-27-44(41)49/h1-34H. The van der Waals surface area contributed by atoms with E-state index in [0.717, 1.165) is 28.4 Å². The van der Waals surface area contributed by atoms with Gasteiger partial charge in [0.25, 0.3) is 0 Å². The van der Waals surface area contributed by atoms with Gasteiger partial charge in [-0.25, -0.2) is 0 Å². The predicted molar refractivity (Wildman–Crippen MR) is 212 cm³/mol. The first kappa shape index (κ1) is 29.3. The molecule has 10 rings (SSSR count). The number of fused-ring (bicyclic) bond motifs is 10. The fraction of sp³-hybridized carbons (Fsp3) is 0.0204. The summed E-state index contributed by atoms with van der Waals surface area (Å²) in [5.74, 6) is 0. The molecule has 0 heterocycles. The van der Waals surface area contributed by atoms with E-state index in [-0.39, 0.29) is 0 Å². The number of para-hydroxylation sites is 3. The SMILES string of the molecule is c1ccc(N(c2ccccc2)c2ccc(N(c3ccccc3)c3cccc4c3-c3ccccc3C43c4ccccc4-c4ccccc43)cc2)cc1. The zero-order valence-corrected chi connectivity index (χ0v) is 28.0. The summed E-state index contributed by atoms with van der Waals surface area (Å²) < 4.78 is 0. The highest BCUT2D eigenvalue weighted by Crippen LogP contribution is 2.64. The molecule has 8 aromatic carbocycles. The molecule has 0 saturated heterocycles. The van der Waals surface area contributed by atoms with E-state index in [4.69, 9.17) is 0 Å². The minimum absolute atomic E-state index is 0.396. The van der Waals surface area contributed by atoms with Gasteiger partial charge < -0.3 is 9.80 Å². The molecule has 2 nitrogen and oxygen atoms in total. The van der Waals surface area contributed by atoms with E-state index in [9.17, 15) is 0 Å². The summed E-state index contributed by atoms with van der Waals surface area (Å²) in [5, 5.41) is 0. The Bertz CT molecular complexity index is 2440. The first-order valence-electron chi connectivity index (χ1n) is 17.6. The van der Waals surface area contributed by atoms with Gasteiger partial charge in [0.05, 0.1) is 11.1 Å². The van der Waals surface area contributed by atoms with Crippen molar-refractivity contribution in [2.45, 2.75) is 5.41 Å². The molecule has 0 N–H and O–H groups in total. The van der Waals surface area contributed by atoms with E-state index in [1.807, 2.05) is 0 Å². The number of hydrogen-bond acceptors (Lipinski definition) is 2. The molecule has 51 heavy (non-hydrogen) atoms. The zero-order chi connectivity index (χ0) is 33.8. The Morgan fingerprint density at radius 2 is 0.608 bits per heavy atom. The molecule has 2 heteroatoms. The number of nitrogens with zero attached hydrogens (tertiary/aromatic N) is 2. The maximum Gasteiger partial charge on any atom is 0.0726 e. The highest BCUT2D eigenvalue weighted by atomic mass is 15.2. The average molecular weight is 651 g/mol. The fourth-order valence-electron chi connectivity index (χ4n) is 8.67. The average Bonchev–Trinajstić information content (AvgIpc) is 3.68. The monoisotopic (exact) mass is 650 g/mol. The molecule has 0 aliphatic heterocycles. The minimum Gasteiger partial charge on any atom is -0.311 e. The molecular weight excluding hydrogens is 617 g/mol. The van der Waals surface area contributed by atoms with Gasteiger partial charge in [0.1, 0.15) is 0 Å². The second-order valence-corrected chi connectivity index (χ2v) is 13.3. The molecule has 0 unspecified atom stereocenters. The topological polar surface area (TPSA) is 6.48 Å². The highest BCUT2D eigenvalue weighted by Gasteiger charge is 2.52. The van der Waals surface area contributed by atoms with Gasteiger partial charge in [-0.1, -0.05) is 140 Å². The number of anilines is 6.